The van der Waals surface area contributed by atoms with Crippen molar-refractivity contribution in [2.75, 3.05) is 11.9 Å². The second kappa shape index (κ2) is 4.36. The van der Waals surface area contributed by atoms with Gasteiger partial charge in [0.1, 0.15) is 0 Å². The monoisotopic (exact) mass is 220 g/mol. The van der Waals surface area contributed by atoms with E-state index >= 15 is 0 Å². The first-order chi connectivity index (χ1) is 6.47. The second-order valence-electron chi connectivity index (χ2n) is 2.86. The maximum atomic E-state index is 12.3. The smallest absolute Gasteiger partial charge is 0.320 e. The summed E-state index contributed by atoms with van der Waals surface area (Å²) < 4.78 is 24.6. The van der Waals surface area contributed by atoms with Crippen molar-refractivity contribution in [3.8, 4) is 0 Å². The number of anilines is 1. The molecule has 78 valence electrons. The van der Waals surface area contributed by atoms with E-state index in [9.17, 15) is 13.6 Å². The first-order valence-corrected chi connectivity index (χ1v) is 4.81. The van der Waals surface area contributed by atoms with Crippen LogP contribution in [0.2, 0.25) is 0 Å². The van der Waals surface area contributed by atoms with Crippen molar-refractivity contribution in [2.45, 2.75) is 12.8 Å². The number of nitrogens with one attached hydrogen (secondary N) is 2. The van der Waals surface area contributed by atoms with Gasteiger partial charge in [0.25, 0.3) is 5.92 Å². The number of hydrogen-bond acceptors (Lipinski definition) is 2. The Bertz CT molecular complexity index is 295. The molecule has 0 saturated carbocycles. The Morgan fingerprint density at radius 2 is 2.36 bits per heavy atom. The van der Waals surface area contributed by atoms with Crippen LogP contribution in [0.5, 0.6) is 0 Å². The Kier molecular flexibility index (Phi) is 3.40. The molecule has 0 unspecified atom stereocenters. The van der Waals surface area contributed by atoms with Gasteiger partial charge in [0.2, 0.25) is 0 Å². The molecule has 0 aromatic carbocycles. The molecule has 14 heavy (non-hydrogen) atoms. The highest BCUT2D eigenvalue weighted by Crippen LogP contribution is 2.14. The van der Waals surface area contributed by atoms with Gasteiger partial charge in [-0.3, -0.25) is 5.32 Å². The highest BCUT2D eigenvalue weighted by molar-refractivity contribution is 7.14. The van der Waals surface area contributed by atoms with Gasteiger partial charge in [-0.2, -0.15) is 0 Å². The Morgan fingerprint density at radius 1 is 1.64 bits per heavy atom. The van der Waals surface area contributed by atoms with E-state index in [-0.39, 0.29) is 0 Å². The van der Waals surface area contributed by atoms with Crippen molar-refractivity contribution in [3.63, 3.8) is 0 Å². The zero-order valence-corrected chi connectivity index (χ0v) is 8.33. The molecule has 0 fully saturated rings. The van der Waals surface area contributed by atoms with Gasteiger partial charge in [0.15, 0.2) is 0 Å². The highest BCUT2D eigenvalue weighted by atomic mass is 32.1. The summed E-state index contributed by atoms with van der Waals surface area (Å²) in [7, 11) is 0. The number of thiophene rings is 1. The fraction of sp³-hybridized carbons (Fsp3) is 0.375. The Balaban J connectivity index is 2.30. The number of carbonyl (C=O) groups is 1. The number of urea groups is 1. The molecule has 6 heteroatoms. The fourth-order valence-corrected chi connectivity index (χ4v) is 1.35. The Labute approximate surface area is 84.1 Å². The molecule has 1 rings (SSSR count). The first kappa shape index (κ1) is 10.9. The zero-order chi connectivity index (χ0) is 10.6. The van der Waals surface area contributed by atoms with Crippen LogP contribution >= 0.6 is 11.3 Å². The van der Waals surface area contributed by atoms with E-state index < -0.39 is 18.5 Å². The lowest BCUT2D eigenvalue weighted by Gasteiger charge is -2.11. The normalized spacial score (nSPS) is 11.1. The number of alkyl halides is 2. The van der Waals surface area contributed by atoms with E-state index in [0.717, 1.165) is 6.92 Å². The summed E-state index contributed by atoms with van der Waals surface area (Å²) in [6, 6.07) is 2.83. The predicted molar refractivity (Wildman–Crippen MR) is 52.0 cm³/mol. The minimum atomic E-state index is -2.88. The molecule has 1 heterocycles. The molecular formula is C8H10F2N2OS. The lowest BCUT2D eigenvalue weighted by molar-refractivity contribution is 0.0257. The summed E-state index contributed by atoms with van der Waals surface area (Å²) in [5.41, 5.74) is 0. The molecule has 0 bridgehead atoms. The minimum absolute atomic E-state index is 0.617. The van der Waals surface area contributed by atoms with Gasteiger partial charge in [0.05, 0.1) is 11.5 Å². The van der Waals surface area contributed by atoms with Crippen LogP contribution < -0.4 is 10.6 Å². The van der Waals surface area contributed by atoms with Crippen molar-refractivity contribution in [1.82, 2.24) is 5.32 Å². The summed E-state index contributed by atoms with van der Waals surface area (Å²) in [4.78, 5) is 11.0. The summed E-state index contributed by atoms with van der Waals surface area (Å²) in [5.74, 6) is -2.88. The summed E-state index contributed by atoms with van der Waals surface area (Å²) in [5, 5.41) is 6.91. The van der Waals surface area contributed by atoms with Crippen LogP contribution in [0.1, 0.15) is 6.92 Å². The van der Waals surface area contributed by atoms with Crippen molar-refractivity contribution < 1.29 is 13.6 Å². The standard InChI is InChI=1S/C8H10F2N2OS/c1-8(9,10)5-11-7(13)12-6-3-2-4-14-6/h2-4H,5H2,1H3,(H2,11,12,13). The molecule has 0 spiro atoms. The predicted octanol–water partition coefficient (Wildman–Crippen LogP) is 2.52. The fourth-order valence-electron chi connectivity index (χ4n) is 0.741. The van der Waals surface area contributed by atoms with E-state index in [4.69, 9.17) is 0 Å². The van der Waals surface area contributed by atoms with Crippen LogP contribution in [0.15, 0.2) is 17.5 Å². The topological polar surface area (TPSA) is 41.1 Å². The molecule has 2 amide bonds. The highest BCUT2D eigenvalue weighted by Gasteiger charge is 2.21. The number of hydrogen-bond donors (Lipinski definition) is 2. The SMILES string of the molecule is CC(F)(F)CNC(=O)Nc1cccs1. The summed E-state index contributed by atoms with van der Waals surface area (Å²) >= 11 is 1.33. The molecule has 0 radical (unpaired) electrons. The van der Waals surface area contributed by atoms with Crippen LogP contribution in [0.25, 0.3) is 0 Å². The number of amides is 2. The quantitative estimate of drug-likeness (QED) is 0.807. The number of rotatable bonds is 3. The molecule has 1 aromatic rings. The van der Waals surface area contributed by atoms with Gasteiger partial charge >= 0.3 is 6.03 Å². The molecule has 0 atom stereocenters. The van der Waals surface area contributed by atoms with Crippen LogP contribution in [0.3, 0.4) is 0 Å². The average Bonchev–Trinajstić information content (AvgIpc) is 2.52. The van der Waals surface area contributed by atoms with Gasteiger partial charge in [-0.05, 0) is 17.5 Å². The Morgan fingerprint density at radius 3 is 2.86 bits per heavy atom. The van der Waals surface area contributed by atoms with Crippen molar-refractivity contribution in [2.24, 2.45) is 0 Å². The lowest BCUT2D eigenvalue weighted by Crippen LogP contribution is -2.37. The van der Waals surface area contributed by atoms with Gasteiger partial charge in [-0.25, -0.2) is 13.6 Å². The zero-order valence-electron chi connectivity index (χ0n) is 7.51. The molecule has 2 N–H and O–H groups in total. The van der Waals surface area contributed by atoms with Crippen molar-refractivity contribution >= 4 is 22.4 Å². The third-order valence-electron chi connectivity index (χ3n) is 1.32. The van der Waals surface area contributed by atoms with Crippen LogP contribution in [0.4, 0.5) is 18.6 Å². The molecule has 0 aliphatic rings. The summed E-state index contributed by atoms with van der Waals surface area (Å²) in [6.07, 6.45) is 0. The molecule has 0 aliphatic heterocycles. The van der Waals surface area contributed by atoms with Gasteiger partial charge in [-0.15, -0.1) is 11.3 Å². The molecule has 0 aliphatic carbocycles. The van der Waals surface area contributed by atoms with Crippen LogP contribution in [0, 0.1) is 0 Å². The molecular weight excluding hydrogens is 210 g/mol. The van der Waals surface area contributed by atoms with Crippen molar-refractivity contribution in [1.29, 1.82) is 0 Å². The van der Waals surface area contributed by atoms with E-state index in [1.807, 2.05) is 0 Å². The average molecular weight is 220 g/mol. The molecule has 0 saturated heterocycles. The van der Waals surface area contributed by atoms with Crippen LogP contribution in [-0.4, -0.2) is 18.5 Å². The largest absolute Gasteiger partial charge is 0.332 e. The third-order valence-corrected chi connectivity index (χ3v) is 2.10. The number of halogens is 2. The molecule has 1 aromatic heterocycles. The Hall–Kier alpha value is -1.17. The van der Waals surface area contributed by atoms with E-state index in [1.165, 1.54) is 11.3 Å². The summed E-state index contributed by atoms with van der Waals surface area (Å²) in [6.45, 7) is 0.0859. The maximum absolute atomic E-state index is 12.3. The van der Waals surface area contributed by atoms with Gasteiger partial charge in [0, 0.05) is 6.92 Å². The lowest BCUT2D eigenvalue weighted by atomic mass is 10.4. The van der Waals surface area contributed by atoms with E-state index in [1.54, 1.807) is 17.5 Å². The minimum Gasteiger partial charge on any atom is -0.332 e. The van der Waals surface area contributed by atoms with E-state index in [0.29, 0.717) is 5.00 Å². The van der Waals surface area contributed by atoms with Gasteiger partial charge in [-0.1, -0.05) is 0 Å². The first-order valence-electron chi connectivity index (χ1n) is 3.93. The van der Waals surface area contributed by atoms with Gasteiger partial charge < -0.3 is 5.32 Å². The second-order valence-corrected chi connectivity index (χ2v) is 3.80. The van der Waals surface area contributed by atoms with E-state index in [2.05, 4.69) is 10.6 Å². The van der Waals surface area contributed by atoms with Crippen molar-refractivity contribution in [3.05, 3.63) is 17.5 Å². The van der Waals surface area contributed by atoms with Crippen LogP contribution in [-0.2, 0) is 0 Å². The third kappa shape index (κ3) is 4.18. The number of carbonyl (C=O) groups excluding carboxylic acids is 1. The molecule has 3 nitrogen and oxygen atoms in total. The maximum Gasteiger partial charge on any atom is 0.320 e.